The number of anilines is 4. The van der Waals surface area contributed by atoms with Crippen LogP contribution in [0.4, 0.5) is 40.8 Å². The van der Waals surface area contributed by atoms with Crippen molar-refractivity contribution in [2.45, 2.75) is 42.6 Å². The molecule has 1 aliphatic carbocycles. The van der Waals surface area contributed by atoms with Gasteiger partial charge in [-0.3, -0.25) is 4.21 Å². The van der Waals surface area contributed by atoms with Gasteiger partial charge in [-0.2, -0.15) is 23.1 Å². The van der Waals surface area contributed by atoms with E-state index in [0.717, 1.165) is 18.3 Å². The summed E-state index contributed by atoms with van der Waals surface area (Å²) < 4.78 is 65.1. The van der Waals surface area contributed by atoms with Crippen molar-refractivity contribution < 1.29 is 26.9 Å². The van der Waals surface area contributed by atoms with E-state index in [1.54, 1.807) is 6.26 Å². The summed E-state index contributed by atoms with van der Waals surface area (Å²) in [5.41, 5.74) is -0.605. The Morgan fingerprint density at radius 3 is 2.59 bits per heavy atom. The van der Waals surface area contributed by atoms with Crippen LogP contribution in [0.3, 0.4) is 0 Å². The molecule has 4 rings (SSSR count). The summed E-state index contributed by atoms with van der Waals surface area (Å²) in [6.07, 6.45) is -3.41. The second-order valence-electron chi connectivity index (χ2n) is 8.40. The number of hydrogen-bond acceptors (Lipinski definition) is 8. The average Bonchev–Trinajstić information content (AvgIpc) is 3.07. The second-order valence-corrected chi connectivity index (χ2v) is 10.1. The fraction of sp³-hybridized carbons (Fsp3) is 0.476. The molecule has 0 spiro atoms. The summed E-state index contributed by atoms with van der Waals surface area (Å²) in [4.78, 5) is 10.3. The highest BCUT2D eigenvalue weighted by Gasteiger charge is 2.36. The van der Waals surface area contributed by atoms with Crippen LogP contribution in [0.15, 0.2) is 24.3 Å². The topological polar surface area (TPSA) is 114 Å². The van der Waals surface area contributed by atoms with E-state index in [2.05, 4.69) is 20.6 Å². The molecule has 184 valence electrons. The second kappa shape index (κ2) is 9.45. The Labute approximate surface area is 195 Å². The zero-order valence-corrected chi connectivity index (χ0v) is 19.0. The Morgan fingerprint density at radius 2 is 2.00 bits per heavy atom. The molecule has 1 unspecified atom stereocenters. The maximum absolute atomic E-state index is 14.0. The Morgan fingerprint density at radius 1 is 1.26 bits per heavy atom. The van der Waals surface area contributed by atoms with Gasteiger partial charge >= 0.3 is 6.18 Å². The lowest BCUT2D eigenvalue weighted by Gasteiger charge is -2.34. The Bertz CT molecular complexity index is 1090. The van der Waals surface area contributed by atoms with E-state index in [-0.39, 0.29) is 53.2 Å². The molecular formula is C21H24F4N6O2S. The summed E-state index contributed by atoms with van der Waals surface area (Å²) in [6, 6.07) is 4.50. The molecule has 2 aromatic rings. The van der Waals surface area contributed by atoms with E-state index in [4.69, 9.17) is 5.41 Å². The molecule has 0 bridgehead atoms. The number of benzene rings is 1. The molecule has 2 fully saturated rings. The van der Waals surface area contributed by atoms with E-state index in [1.165, 1.54) is 17.0 Å². The molecule has 1 aromatic heterocycles. The van der Waals surface area contributed by atoms with Crippen molar-refractivity contribution in [1.29, 1.82) is 5.41 Å². The Kier molecular flexibility index (Phi) is 6.76. The van der Waals surface area contributed by atoms with Crippen molar-refractivity contribution in [2.24, 2.45) is 0 Å². The van der Waals surface area contributed by atoms with Gasteiger partial charge in [0.15, 0.2) is 0 Å². The van der Waals surface area contributed by atoms with Gasteiger partial charge in [-0.25, -0.2) is 4.39 Å². The predicted octanol–water partition coefficient (Wildman–Crippen LogP) is 3.08. The maximum atomic E-state index is 14.0. The quantitative estimate of drug-likeness (QED) is 0.341. The number of β-amino-alcohol motifs (C(OH)–C–C–N with tert-alkyl or cyclic N) is 1. The highest BCUT2D eigenvalue weighted by molar-refractivity contribution is 7.85. The molecule has 1 aliphatic heterocycles. The lowest BCUT2D eigenvalue weighted by atomic mass is 9.92. The normalized spacial score (nSPS) is 25.5. The van der Waals surface area contributed by atoms with Crippen LogP contribution in [-0.2, 0) is 17.0 Å². The van der Waals surface area contributed by atoms with Gasteiger partial charge in [-0.1, -0.05) is 6.07 Å². The summed E-state index contributed by atoms with van der Waals surface area (Å²) in [7, 11) is -0.955. The highest BCUT2D eigenvalue weighted by Crippen LogP contribution is 2.34. The lowest BCUT2D eigenvalue weighted by Crippen LogP contribution is -2.41. The molecule has 0 amide bonds. The van der Waals surface area contributed by atoms with E-state index in [1.807, 2.05) is 0 Å². The maximum Gasteiger partial charge on any atom is 0.416 e. The average molecular weight is 501 g/mol. The van der Waals surface area contributed by atoms with E-state index in [9.17, 15) is 26.9 Å². The van der Waals surface area contributed by atoms with Crippen LogP contribution in [-0.4, -0.2) is 68.4 Å². The standard InChI is InChI=1S/C21H24F4N6O2S/c1-34(33)14-6-13(7-14)28-20-29-18(27-12-4-2-3-11(5-12)21(23,24)25)15(8-26)19(30-20)31-9-16(22)17(32)10-31/h2-5,8,13-14,16-17,26,32H,6-7,9-10H2,1H3,(H2,27,28,29,30)/t13?,14?,16-,17-,34?/m0/s1. The van der Waals surface area contributed by atoms with Gasteiger partial charge in [0.1, 0.15) is 23.9 Å². The van der Waals surface area contributed by atoms with Gasteiger partial charge in [0, 0.05) is 46.8 Å². The van der Waals surface area contributed by atoms with Crippen LogP contribution in [0.2, 0.25) is 0 Å². The zero-order chi connectivity index (χ0) is 24.6. The molecule has 2 aliphatic rings. The third-order valence-corrected chi connectivity index (χ3v) is 7.26. The van der Waals surface area contributed by atoms with Gasteiger partial charge in [0.25, 0.3) is 0 Å². The van der Waals surface area contributed by atoms with Crippen molar-refractivity contribution >= 4 is 40.3 Å². The predicted molar refractivity (Wildman–Crippen MR) is 122 cm³/mol. The van der Waals surface area contributed by atoms with Gasteiger partial charge in [0.2, 0.25) is 5.95 Å². The molecule has 0 radical (unpaired) electrons. The first-order valence-electron chi connectivity index (χ1n) is 10.6. The van der Waals surface area contributed by atoms with Crippen molar-refractivity contribution in [3.63, 3.8) is 0 Å². The number of nitrogens with one attached hydrogen (secondary N) is 3. The zero-order valence-electron chi connectivity index (χ0n) is 18.1. The molecule has 1 saturated heterocycles. The number of hydrogen-bond donors (Lipinski definition) is 4. The number of aliphatic hydroxyl groups excluding tert-OH is 1. The van der Waals surface area contributed by atoms with Crippen molar-refractivity contribution in [1.82, 2.24) is 9.97 Å². The lowest BCUT2D eigenvalue weighted by molar-refractivity contribution is -0.137. The van der Waals surface area contributed by atoms with Crippen molar-refractivity contribution in [3.05, 3.63) is 35.4 Å². The largest absolute Gasteiger partial charge is 0.416 e. The van der Waals surface area contributed by atoms with Crippen LogP contribution in [0, 0.1) is 5.41 Å². The van der Waals surface area contributed by atoms with E-state index >= 15 is 0 Å². The fourth-order valence-electron chi connectivity index (χ4n) is 3.96. The number of halogens is 4. The third kappa shape index (κ3) is 5.14. The first-order valence-corrected chi connectivity index (χ1v) is 12.2. The fourth-order valence-corrected chi connectivity index (χ4v) is 4.96. The van der Waals surface area contributed by atoms with Gasteiger partial charge < -0.3 is 26.0 Å². The molecule has 13 heteroatoms. The molecule has 3 atom stereocenters. The molecule has 1 aromatic carbocycles. The van der Waals surface area contributed by atoms with Gasteiger partial charge in [-0.05, 0) is 31.0 Å². The number of aliphatic hydroxyl groups is 1. The van der Waals surface area contributed by atoms with Crippen LogP contribution < -0.4 is 15.5 Å². The number of aromatic nitrogens is 2. The van der Waals surface area contributed by atoms with E-state index < -0.39 is 34.8 Å². The minimum Gasteiger partial charge on any atom is -0.388 e. The third-order valence-electron chi connectivity index (χ3n) is 5.94. The van der Waals surface area contributed by atoms with Crippen LogP contribution in [0.25, 0.3) is 0 Å². The molecule has 1 saturated carbocycles. The van der Waals surface area contributed by atoms with Crippen LogP contribution in [0.1, 0.15) is 24.0 Å². The highest BCUT2D eigenvalue weighted by atomic mass is 32.2. The summed E-state index contributed by atoms with van der Waals surface area (Å²) >= 11 is 0. The summed E-state index contributed by atoms with van der Waals surface area (Å²) in [6.45, 7) is -0.205. The number of rotatable bonds is 7. The molecular weight excluding hydrogens is 476 g/mol. The van der Waals surface area contributed by atoms with Crippen molar-refractivity contribution in [3.8, 4) is 0 Å². The summed E-state index contributed by atoms with van der Waals surface area (Å²) in [5, 5.41) is 23.7. The van der Waals surface area contributed by atoms with Crippen LogP contribution in [0.5, 0.6) is 0 Å². The first-order chi connectivity index (χ1) is 16.0. The van der Waals surface area contributed by atoms with Crippen LogP contribution >= 0.6 is 0 Å². The molecule has 4 N–H and O–H groups in total. The monoisotopic (exact) mass is 500 g/mol. The number of alkyl halides is 4. The molecule has 2 heterocycles. The molecule has 8 nitrogen and oxygen atoms in total. The summed E-state index contributed by atoms with van der Waals surface area (Å²) in [5.74, 6) is 0.377. The molecule has 34 heavy (non-hydrogen) atoms. The minimum atomic E-state index is -4.53. The van der Waals surface area contributed by atoms with Crippen molar-refractivity contribution in [2.75, 3.05) is 34.9 Å². The first kappa shape index (κ1) is 24.3. The Balaban J connectivity index is 1.68. The van der Waals surface area contributed by atoms with Gasteiger partial charge in [-0.15, -0.1) is 0 Å². The smallest absolute Gasteiger partial charge is 0.388 e. The number of nitrogens with zero attached hydrogens (tertiary/aromatic N) is 3. The SMILES string of the molecule is CS(=O)C1CC(Nc2nc(Nc3cccc(C(F)(F)F)c3)c(C=N)c(N3C[C@H](O)[C@@H](F)C3)n2)C1. The minimum absolute atomic E-state index is 0.0490. The Hall–Kier alpha value is -2.80. The van der Waals surface area contributed by atoms with E-state index in [0.29, 0.717) is 12.8 Å². The van der Waals surface area contributed by atoms with Gasteiger partial charge in [0.05, 0.1) is 17.7 Å².